The highest BCUT2D eigenvalue weighted by molar-refractivity contribution is 6.30. The molecule has 3 N–H and O–H groups in total. The van der Waals surface area contributed by atoms with Gasteiger partial charge in [-0.3, -0.25) is 9.59 Å². The van der Waals surface area contributed by atoms with E-state index >= 15 is 0 Å². The molecule has 0 radical (unpaired) electrons. The van der Waals surface area contributed by atoms with Gasteiger partial charge in [0.15, 0.2) is 0 Å². The molecule has 2 amide bonds. The third-order valence-electron chi connectivity index (χ3n) is 4.11. The average Bonchev–Trinajstić information content (AvgIpc) is 2.70. The van der Waals surface area contributed by atoms with E-state index in [0.29, 0.717) is 16.3 Å². The summed E-state index contributed by atoms with van der Waals surface area (Å²) in [6.45, 7) is 0. The Morgan fingerprint density at radius 2 is 1.48 bits per heavy atom. The SMILES string of the molecule is O=C(Cc1ccc(Cl)cc1)Nc1ccc(C(=O)Nc2ccccc2C(=O)O)cc1. The van der Waals surface area contributed by atoms with Crippen molar-refractivity contribution in [3.05, 3.63) is 94.5 Å². The number of anilines is 2. The second-order valence-electron chi connectivity index (χ2n) is 6.23. The molecule has 0 saturated carbocycles. The van der Waals surface area contributed by atoms with Crippen LogP contribution >= 0.6 is 11.6 Å². The van der Waals surface area contributed by atoms with Gasteiger partial charge in [0.2, 0.25) is 5.91 Å². The first-order valence-corrected chi connectivity index (χ1v) is 9.08. The maximum absolute atomic E-state index is 12.4. The normalized spacial score (nSPS) is 10.2. The van der Waals surface area contributed by atoms with Crippen molar-refractivity contribution in [3.8, 4) is 0 Å². The number of carbonyl (C=O) groups excluding carboxylic acids is 2. The number of hydrogen-bond acceptors (Lipinski definition) is 3. The number of para-hydroxylation sites is 1. The van der Waals surface area contributed by atoms with Crippen molar-refractivity contribution >= 4 is 40.8 Å². The minimum Gasteiger partial charge on any atom is -0.478 e. The first-order valence-electron chi connectivity index (χ1n) is 8.70. The van der Waals surface area contributed by atoms with E-state index in [0.717, 1.165) is 5.56 Å². The van der Waals surface area contributed by atoms with Crippen molar-refractivity contribution < 1.29 is 19.5 Å². The van der Waals surface area contributed by atoms with Crippen LogP contribution in [0, 0.1) is 0 Å². The van der Waals surface area contributed by atoms with Crippen LogP contribution in [0.3, 0.4) is 0 Å². The zero-order chi connectivity index (χ0) is 20.8. The van der Waals surface area contributed by atoms with Gasteiger partial charge in [0, 0.05) is 16.3 Å². The number of carboxylic acid groups (broad SMARTS) is 1. The second kappa shape index (κ2) is 9.03. The quantitative estimate of drug-likeness (QED) is 0.560. The minimum absolute atomic E-state index is 0.00642. The summed E-state index contributed by atoms with van der Waals surface area (Å²) in [4.78, 5) is 35.8. The van der Waals surface area contributed by atoms with Gasteiger partial charge in [-0.15, -0.1) is 0 Å². The predicted octanol–water partition coefficient (Wildman–Crippen LogP) is 4.47. The van der Waals surface area contributed by atoms with Crippen LogP contribution in [0.5, 0.6) is 0 Å². The van der Waals surface area contributed by atoms with E-state index in [2.05, 4.69) is 10.6 Å². The van der Waals surface area contributed by atoms with Gasteiger partial charge >= 0.3 is 5.97 Å². The van der Waals surface area contributed by atoms with Gasteiger partial charge in [-0.05, 0) is 54.1 Å². The fourth-order valence-corrected chi connectivity index (χ4v) is 2.80. The molecule has 0 spiro atoms. The Labute approximate surface area is 172 Å². The lowest BCUT2D eigenvalue weighted by Gasteiger charge is -2.09. The summed E-state index contributed by atoms with van der Waals surface area (Å²) >= 11 is 5.83. The molecule has 0 unspecified atom stereocenters. The minimum atomic E-state index is -1.13. The highest BCUT2D eigenvalue weighted by Crippen LogP contribution is 2.17. The average molecular weight is 409 g/mol. The Kier molecular flexibility index (Phi) is 6.26. The van der Waals surface area contributed by atoms with Crippen LogP contribution in [-0.4, -0.2) is 22.9 Å². The number of benzene rings is 3. The van der Waals surface area contributed by atoms with Gasteiger partial charge in [-0.25, -0.2) is 4.79 Å². The zero-order valence-electron chi connectivity index (χ0n) is 15.2. The summed E-state index contributed by atoms with van der Waals surface area (Å²) in [6, 6.07) is 19.5. The fourth-order valence-electron chi connectivity index (χ4n) is 2.67. The van der Waals surface area contributed by atoms with Crippen LogP contribution in [0.2, 0.25) is 5.02 Å². The van der Waals surface area contributed by atoms with Crippen molar-refractivity contribution in [1.29, 1.82) is 0 Å². The molecule has 29 heavy (non-hydrogen) atoms. The Hall–Kier alpha value is -3.64. The molecule has 0 fully saturated rings. The molecule has 0 saturated heterocycles. The van der Waals surface area contributed by atoms with Crippen molar-refractivity contribution in [2.24, 2.45) is 0 Å². The fraction of sp³-hybridized carbons (Fsp3) is 0.0455. The molecule has 0 atom stereocenters. The molecule has 3 rings (SSSR count). The number of hydrogen-bond donors (Lipinski definition) is 3. The molecular weight excluding hydrogens is 392 g/mol. The summed E-state index contributed by atoms with van der Waals surface area (Å²) in [5.41, 5.74) is 1.93. The first kappa shape index (κ1) is 20.1. The number of halogens is 1. The van der Waals surface area contributed by atoms with E-state index in [1.807, 2.05) is 0 Å². The van der Waals surface area contributed by atoms with Gasteiger partial charge in [-0.2, -0.15) is 0 Å². The maximum Gasteiger partial charge on any atom is 0.337 e. The molecule has 0 aliphatic heterocycles. The van der Waals surface area contributed by atoms with Crippen LogP contribution in [0.15, 0.2) is 72.8 Å². The molecule has 0 heterocycles. The van der Waals surface area contributed by atoms with Crippen molar-refractivity contribution in [2.45, 2.75) is 6.42 Å². The van der Waals surface area contributed by atoms with E-state index in [1.54, 1.807) is 60.7 Å². The smallest absolute Gasteiger partial charge is 0.337 e. The van der Waals surface area contributed by atoms with E-state index in [9.17, 15) is 19.5 Å². The lowest BCUT2D eigenvalue weighted by Crippen LogP contribution is -2.16. The van der Waals surface area contributed by atoms with E-state index in [1.165, 1.54) is 12.1 Å². The highest BCUT2D eigenvalue weighted by Gasteiger charge is 2.13. The van der Waals surface area contributed by atoms with E-state index in [-0.39, 0.29) is 23.6 Å². The molecule has 6 nitrogen and oxygen atoms in total. The van der Waals surface area contributed by atoms with Crippen LogP contribution in [0.1, 0.15) is 26.3 Å². The Bertz CT molecular complexity index is 1050. The van der Waals surface area contributed by atoms with Gasteiger partial charge < -0.3 is 15.7 Å². The number of carboxylic acids is 1. The molecular formula is C22H17ClN2O4. The standard InChI is InChI=1S/C22H17ClN2O4/c23-16-9-5-14(6-10-16)13-20(26)24-17-11-7-15(8-12-17)21(27)25-19-4-2-1-3-18(19)22(28)29/h1-12H,13H2,(H,24,26)(H,25,27)(H,28,29). The van der Waals surface area contributed by atoms with Gasteiger partial charge in [0.05, 0.1) is 17.7 Å². The molecule has 0 aliphatic carbocycles. The van der Waals surface area contributed by atoms with E-state index in [4.69, 9.17) is 11.6 Å². The number of amides is 2. The third-order valence-corrected chi connectivity index (χ3v) is 4.37. The number of nitrogens with one attached hydrogen (secondary N) is 2. The molecule has 3 aromatic rings. The summed E-state index contributed by atoms with van der Waals surface area (Å²) in [7, 11) is 0. The van der Waals surface area contributed by atoms with Gasteiger partial charge in [0.1, 0.15) is 0 Å². The molecule has 0 bridgehead atoms. The molecule has 3 aromatic carbocycles. The Morgan fingerprint density at radius 3 is 2.14 bits per heavy atom. The van der Waals surface area contributed by atoms with Gasteiger partial charge in [0.25, 0.3) is 5.91 Å². The topological polar surface area (TPSA) is 95.5 Å². The lowest BCUT2D eigenvalue weighted by molar-refractivity contribution is -0.115. The van der Waals surface area contributed by atoms with E-state index < -0.39 is 11.9 Å². The van der Waals surface area contributed by atoms with Crippen LogP contribution < -0.4 is 10.6 Å². The monoisotopic (exact) mass is 408 g/mol. The third kappa shape index (κ3) is 5.43. The van der Waals surface area contributed by atoms with Crippen molar-refractivity contribution in [2.75, 3.05) is 10.6 Å². The summed E-state index contributed by atoms with van der Waals surface area (Å²) < 4.78 is 0. The summed E-state index contributed by atoms with van der Waals surface area (Å²) in [6.07, 6.45) is 0.200. The van der Waals surface area contributed by atoms with Crippen molar-refractivity contribution in [1.82, 2.24) is 0 Å². The highest BCUT2D eigenvalue weighted by atomic mass is 35.5. The lowest BCUT2D eigenvalue weighted by atomic mass is 10.1. The first-order chi connectivity index (χ1) is 13.9. The number of aromatic carboxylic acids is 1. The number of carbonyl (C=O) groups is 3. The largest absolute Gasteiger partial charge is 0.478 e. The van der Waals surface area contributed by atoms with Crippen molar-refractivity contribution in [3.63, 3.8) is 0 Å². The Balaban J connectivity index is 1.62. The maximum atomic E-state index is 12.4. The van der Waals surface area contributed by atoms with Gasteiger partial charge in [-0.1, -0.05) is 35.9 Å². The molecule has 7 heteroatoms. The number of rotatable bonds is 6. The summed E-state index contributed by atoms with van der Waals surface area (Å²) in [5, 5.41) is 15.1. The van der Waals surface area contributed by atoms with Crippen LogP contribution in [0.25, 0.3) is 0 Å². The molecule has 0 aromatic heterocycles. The van der Waals surface area contributed by atoms with Crippen LogP contribution in [-0.2, 0) is 11.2 Å². The predicted molar refractivity (Wildman–Crippen MR) is 112 cm³/mol. The Morgan fingerprint density at radius 1 is 0.828 bits per heavy atom. The zero-order valence-corrected chi connectivity index (χ0v) is 15.9. The molecule has 0 aliphatic rings. The van der Waals surface area contributed by atoms with Crippen LogP contribution in [0.4, 0.5) is 11.4 Å². The molecule has 146 valence electrons. The summed E-state index contributed by atoms with van der Waals surface area (Å²) in [5.74, 6) is -1.77. The second-order valence-corrected chi connectivity index (χ2v) is 6.67.